The number of rotatable bonds is 9. The summed E-state index contributed by atoms with van der Waals surface area (Å²) >= 11 is 0. The van der Waals surface area contributed by atoms with E-state index in [0.29, 0.717) is 36.6 Å². The molecule has 2 aromatic carbocycles. The van der Waals surface area contributed by atoms with Gasteiger partial charge in [-0.3, -0.25) is 9.59 Å². The minimum absolute atomic E-state index is 0.263. The summed E-state index contributed by atoms with van der Waals surface area (Å²) in [6.45, 7) is 3.49. The molecular weight excluding hydrogens is 332 g/mol. The molecule has 0 saturated carbocycles. The molecule has 2 aromatic rings. The van der Waals surface area contributed by atoms with Crippen molar-refractivity contribution in [1.82, 2.24) is 5.32 Å². The molecule has 0 fully saturated rings. The molecule has 0 radical (unpaired) electrons. The van der Waals surface area contributed by atoms with Crippen LogP contribution in [0.4, 0.5) is 5.69 Å². The Balaban J connectivity index is 2.05. The van der Waals surface area contributed by atoms with E-state index < -0.39 is 0 Å². The maximum Gasteiger partial charge on any atom is 0.255 e. The third-order valence-corrected chi connectivity index (χ3v) is 3.60. The maximum absolute atomic E-state index is 12.5. The smallest absolute Gasteiger partial charge is 0.255 e. The second-order valence-corrected chi connectivity index (χ2v) is 5.62. The van der Waals surface area contributed by atoms with Gasteiger partial charge in [-0.1, -0.05) is 19.1 Å². The number of para-hydroxylation sites is 1. The number of hydrogen-bond donors (Lipinski definition) is 2. The molecule has 0 bridgehead atoms. The molecule has 0 aliphatic carbocycles. The van der Waals surface area contributed by atoms with Gasteiger partial charge in [0.1, 0.15) is 5.75 Å². The van der Waals surface area contributed by atoms with Crippen molar-refractivity contribution in [3.8, 4) is 5.75 Å². The minimum atomic E-state index is -0.288. The Bertz CT molecular complexity index is 729. The van der Waals surface area contributed by atoms with Crippen LogP contribution in [0, 0.1) is 0 Å². The Morgan fingerprint density at radius 1 is 0.962 bits per heavy atom. The molecule has 0 aliphatic rings. The average molecular weight is 356 g/mol. The van der Waals surface area contributed by atoms with Gasteiger partial charge in [0.2, 0.25) is 0 Å². The van der Waals surface area contributed by atoms with E-state index in [1.54, 1.807) is 55.6 Å². The number of carbonyl (C=O) groups is 2. The number of benzene rings is 2. The predicted molar refractivity (Wildman–Crippen MR) is 101 cm³/mol. The molecule has 26 heavy (non-hydrogen) atoms. The number of hydrogen-bond acceptors (Lipinski definition) is 4. The summed E-state index contributed by atoms with van der Waals surface area (Å²) in [5.74, 6) is 0.173. The van der Waals surface area contributed by atoms with Crippen molar-refractivity contribution < 1.29 is 19.1 Å². The zero-order valence-corrected chi connectivity index (χ0v) is 15.1. The highest BCUT2D eigenvalue weighted by Gasteiger charge is 2.13. The van der Waals surface area contributed by atoms with Gasteiger partial charge in [0.05, 0.1) is 24.5 Å². The molecule has 0 aromatic heterocycles. The van der Waals surface area contributed by atoms with Gasteiger partial charge in [-0.05, 0) is 42.8 Å². The van der Waals surface area contributed by atoms with Gasteiger partial charge in [-0.25, -0.2) is 0 Å². The SMILES string of the molecule is CCCOc1ccc(C(=O)Nc2ccccc2C(=O)NCCOC)cc1. The van der Waals surface area contributed by atoms with Crippen molar-refractivity contribution in [1.29, 1.82) is 0 Å². The van der Waals surface area contributed by atoms with E-state index in [2.05, 4.69) is 10.6 Å². The topological polar surface area (TPSA) is 76.7 Å². The van der Waals surface area contributed by atoms with E-state index in [1.807, 2.05) is 6.92 Å². The zero-order valence-electron chi connectivity index (χ0n) is 15.1. The summed E-state index contributed by atoms with van der Waals surface area (Å²) in [5, 5.41) is 5.54. The van der Waals surface area contributed by atoms with Crippen LogP contribution in [0.3, 0.4) is 0 Å². The Kier molecular flexibility index (Phi) is 7.64. The van der Waals surface area contributed by atoms with E-state index >= 15 is 0 Å². The van der Waals surface area contributed by atoms with Gasteiger partial charge >= 0.3 is 0 Å². The Hall–Kier alpha value is -2.86. The quantitative estimate of drug-likeness (QED) is 0.677. The number of amides is 2. The van der Waals surface area contributed by atoms with Crippen LogP contribution in [0.15, 0.2) is 48.5 Å². The van der Waals surface area contributed by atoms with Crippen molar-refractivity contribution in [2.75, 3.05) is 32.2 Å². The summed E-state index contributed by atoms with van der Waals surface area (Å²) in [6, 6.07) is 13.8. The average Bonchev–Trinajstić information content (AvgIpc) is 2.67. The summed E-state index contributed by atoms with van der Waals surface area (Å²) < 4.78 is 10.4. The first-order chi connectivity index (χ1) is 12.7. The van der Waals surface area contributed by atoms with Gasteiger partial charge in [-0.15, -0.1) is 0 Å². The van der Waals surface area contributed by atoms with Gasteiger partial charge in [-0.2, -0.15) is 0 Å². The van der Waals surface area contributed by atoms with Crippen molar-refractivity contribution in [3.05, 3.63) is 59.7 Å². The van der Waals surface area contributed by atoms with Crippen molar-refractivity contribution >= 4 is 17.5 Å². The molecule has 2 amide bonds. The summed E-state index contributed by atoms with van der Waals surface area (Å²) in [5.41, 5.74) is 1.35. The van der Waals surface area contributed by atoms with Crippen molar-refractivity contribution in [3.63, 3.8) is 0 Å². The fraction of sp³-hybridized carbons (Fsp3) is 0.300. The molecule has 6 nitrogen and oxygen atoms in total. The third-order valence-electron chi connectivity index (χ3n) is 3.60. The van der Waals surface area contributed by atoms with E-state index in [9.17, 15) is 9.59 Å². The first-order valence-corrected chi connectivity index (χ1v) is 8.56. The van der Waals surface area contributed by atoms with E-state index in [-0.39, 0.29) is 11.8 Å². The van der Waals surface area contributed by atoms with Crippen LogP contribution in [0.25, 0.3) is 0 Å². The Labute approximate surface area is 153 Å². The first-order valence-electron chi connectivity index (χ1n) is 8.56. The molecule has 0 unspecified atom stereocenters. The van der Waals surface area contributed by atoms with Gasteiger partial charge in [0.15, 0.2) is 0 Å². The number of carbonyl (C=O) groups excluding carboxylic acids is 2. The van der Waals surface area contributed by atoms with Gasteiger partial charge < -0.3 is 20.1 Å². The molecule has 0 atom stereocenters. The molecular formula is C20H24N2O4. The van der Waals surface area contributed by atoms with Crippen LogP contribution in [0.2, 0.25) is 0 Å². The third kappa shape index (κ3) is 5.60. The van der Waals surface area contributed by atoms with E-state index in [1.165, 1.54) is 0 Å². The van der Waals surface area contributed by atoms with Crippen LogP contribution in [-0.4, -0.2) is 38.7 Å². The molecule has 0 saturated heterocycles. The molecule has 2 rings (SSSR count). The highest BCUT2D eigenvalue weighted by atomic mass is 16.5. The van der Waals surface area contributed by atoms with E-state index in [0.717, 1.165) is 12.2 Å². The molecule has 6 heteroatoms. The normalized spacial score (nSPS) is 10.2. The van der Waals surface area contributed by atoms with Gasteiger partial charge in [0, 0.05) is 19.2 Å². The number of anilines is 1. The van der Waals surface area contributed by atoms with Gasteiger partial charge in [0.25, 0.3) is 11.8 Å². The summed E-state index contributed by atoms with van der Waals surface area (Å²) in [6.07, 6.45) is 0.922. The van der Waals surface area contributed by atoms with Crippen molar-refractivity contribution in [2.24, 2.45) is 0 Å². The highest BCUT2D eigenvalue weighted by Crippen LogP contribution is 2.18. The summed E-state index contributed by atoms with van der Waals surface area (Å²) in [7, 11) is 1.57. The number of nitrogens with one attached hydrogen (secondary N) is 2. The molecule has 0 spiro atoms. The number of ether oxygens (including phenoxy) is 2. The van der Waals surface area contributed by atoms with Crippen LogP contribution in [0.1, 0.15) is 34.1 Å². The Morgan fingerprint density at radius 3 is 2.38 bits per heavy atom. The largest absolute Gasteiger partial charge is 0.494 e. The molecule has 2 N–H and O–H groups in total. The summed E-state index contributed by atoms with van der Waals surface area (Å²) in [4.78, 5) is 24.7. The standard InChI is InChI=1S/C20H24N2O4/c1-3-13-26-16-10-8-15(9-11-16)19(23)22-18-7-5-4-6-17(18)20(24)21-12-14-25-2/h4-11H,3,12-14H2,1-2H3,(H,21,24)(H,22,23). The lowest BCUT2D eigenvalue weighted by atomic mass is 10.1. The number of methoxy groups -OCH3 is 1. The molecule has 138 valence electrons. The predicted octanol–water partition coefficient (Wildman–Crippen LogP) is 3.10. The second-order valence-electron chi connectivity index (χ2n) is 5.62. The lowest BCUT2D eigenvalue weighted by Gasteiger charge is -2.12. The van der Waals surface area contributed by atoms with E-state index in [4.69, 9.17) is 9.47 Å². The zero-order chi connectivity index (χ0) is 18.8. The fourth-order valence-electron chi connectivity index (χ4n) is 2.27. The fourth-order valence-corrected chi connectivity index (χ4v) is 2.27. The Morgan fingerprint density at radius 2 is 1.69 bits per heavy atom. The molecule has 0 aliphatic heterocycles. The first kappa shape index (κ1) is 19.5. The van der Waals surface area contributed by atoms with Crippen molar-refractivity contribution in [2.45, 2.75) is 13.3 Å². The second kappa shape index (κ2) is 10.2. The van der Waals surface area contributed by atoms with Crippen LogP contribution in [-0.2, 0) is 4.74 Å². The van der Waals surface area contributed by atoms with Crippen LogP contribution >= 0.6 is 0 Å². The minimum Gasteiger partial charge on any atom is -0.494 e. The monoisotopic (exact) mass is 356 g/mol. The van der Waals surface area contributed by atoms with Crippen LogP contribution < -0.4 is 15.4 Å². The lowest BCUT2D eigenvalue weighted by Crippen LogP contribution is -2.28. The highest BCUT2D eigenvalue weighted by molar-refractivity contribution is 6.09. The maximum atomic E-state index is 12.5. The molecule has 0 heterocycles. The van der Waals surface area contributed by atoms with Crippen LogP contribution in [0.5, 0.6) is 5.75 Å². The lowest BCUT2D eigenvalue weighted by molar-refractivity contribution is 0.0938.